The molecule has 1 aliphatic heterocycles. The fourth-order valence-electron chi connectivity index (χ4n) is 3.42. The molecule has 21 heavy (non-hydrogen) atoms. The molecule has 0 aromatic carbocycles. The van der Waals surface area contributed by atoms with Gasteiger partial charge in [-0.1, -0.05) is 19.3 Å². The molecule has 1 atom stereocenters. The fraction of sp³-hybridized carbons (Fsp3) is 0.867. The standard InChI is InChI=1S/C15H26N2O4/c1-14(21,12(18)19)11-16-13(20)17-9-7-15(8-10-17)5-3-2-4-6-15/h21H,2-11H2,1H3,(H,16,20)(H,18,19). The Labute approximate surface area is 125 Å². The molecule has 1 spiro atoms. The molecule has 3 N–H and O–H groups in total. The molecular weight excluding hydrogens is 272 g/mol. The lowest BCUT2D eigenvalue weighted by Crippen LogP contribution is -2.52. The molecule has 0 radical (unpaired) electrons. The number of piperidine rings is 1. The SMILES string of the molecule is CC(O)(CNC(=O)N1CCC2(CCCCC2)CC1)C(=O)O. The molecule has 2 fully saturated rings. The van der Waals surface area contributed by atoms with Crippen molar-refractivity contribution in [3.63, 3.8) is 0 Å². The van der Waals surface area contributed by atoms with E-state index in [1.165, 1.54) is 39.0 Å². The molecule has 1 unspecified atom stereocenters. The van der Waals surface area contributed by atoms with E-state index in [0.29, 0.717) is 5.41 Å². The molecule has 2 amide bonds. The Kier molecular flexibility index (Phi) is 4.76. The van der Waals surface area contributed by atoms with Crippen LogP contribution >= 0.6 is 0 Å². The van der Waals surface area contributed by atoms with Gasteiger partial charge in [0.15, 0.2) is 5.60 Å². The molecule has 0 bridgehead atoms. The van der Waals surface area contributed by atoms with Gasteiger partial charge in [0.2, 0.25) is 0 Å². The van der Waals surface area contributed by atoms with E-state index in [-0.39, 0.29) is 12.6 Å². The van der Waals surface area contributed by atoms with Gasteiger partial charge in [-0.05, 0) is 38.0 Å². The van der Waals surface area contributed by atoms with E-state index in [1.54, 1.807) is 4.90 Å². The van der Waals surface area contributed by atoms with E-state index in [0.717, 1.165) is 25.9 Å². The number of aliphatic carboxylic acids is 1. The van der Waals surface area contributed by atoms with Crippen molar-refractivity contribution in [1.29, 1.82) is 0 Å². The number of aliphatic hydroxyl groups is 1. The third kappa shape index (κ3) is 3.87. The average molecular weight is 298 g/mol. The number of nitrogens with one attached hydrogen (secondary N) is 1. The topological polar surface area (TPSA) is 89.9 Å². The maximum Gasteiger partial charge on any atom is 0.337 e. The highest BCUT2D eigenvalue weighted by Gasteiger charge is 2.37. The number of likely N-dealkylation sites (tertiary alicyclic amines) is 1. The van der Waals surface area contributed by atoms with Crippen molar-refractivity contribution in [3.8, 4) is 0 Å². The van der Waals surface area contributed by atoms with Gasteiger partial charge in [-0.15, -0.1) is 0 Å². The minimum atomic E-state index is -1.92. The predicted molar refractivity (Wildman–Crippen MR) is 78.0 cm³/mol. The van der Waals surface area contributed by atoms with Gasteiger partial charge in [-0.3, -0.25) is 0 Å². The van der Waals surface area contributed by atoms with E-state index < -0.39 is 11.6 Å². The Morgan fingerprint density at radius 2 is 1.71 bits per heavy atom. The number of nitrogens with zero attached hydrogens (tertiary/aromatic N) is 1. The monoisotopic (exact) mass is 298 g/mol. The Balaban J connectivity index is 1.79. The molecular formula is C15H26N2O4. The van der Waals surface area contributed by atoms with Crippen LogP contribution in [0.15, 0.2) is 0 Å². The van der Waals surface area contributed by atoms with Crippen molar-refractivity contribution in [2.45, 2.75) is 57.5 Å². The molecule has 2 aliphatic rings. The molecule has 1 saturated carbocycles. The number of carbonyl (C=O) groups excluding carboxylic acids is 1. The number of carboxylic acid groups (broad SMARTS) is 1. The summed E-state index contributed by atoms with van der Waals surface area (Å²) in [5, 5.41) is 20.9. The number of carboxylic acids is 1. The summed E-state index contributed by atoms with van der Waals surface area (Å²) in [4.78, 5) is 24.6. The largest absolute Gasteiger partial charge is 0.479 e. The molecule has 0 aromatic heterocycles. The van der Waals surface area contributed by atoms with Gasteiger partial charge in [0, 0.05) is 13.1 Å². The van der Waals surface area contributed by atoms with Gasteiger partial charge in [0.05, 0.1) is 6.54 Å². The molecule has 2 rings (SSSR count). The molecule has 0 aromatic rings. The molecule has 120 valence electrons. The highest BCUT2D eigenvalue weighted by Crippen LogP contribution is 2.44. The van der Waals surface area contributed by atoms with Crippen LogP contribution in [0.2, 0.25) is 0 Å². The van der Waals surface area contributed by atoms with Gasteiger partial charge < -0.3 is 20.4 Å². The van der Waals surface area contributed by atoms with Crippen LogP contribution in [0.5, 0.6) is 0 Å². The highest BCUT2D eigenvalue weighted by atomic mass is 16.4. The first-order chi connectivity index (χ1) is 9.85. The van der Waals surface area contributed by atoms with Crippen molar-refractivity contribution in [1.82, 2.24) is 10.2 Å². The fourth-order valence-corrected chi connectivity index (χ4v) is 3.42. The second kappa shape index (κ2) is 6.22. The van der Waals surface area contributed by atoms with Crippen LogP contribution in [0, 0.1) is 5.41 Å². The minimum Gasteiger partial charge on any atom is -0.479 e. The van der Waals surface area contributed by atoms with Crippen LogP contribution in [0.1, 0.15) is 51.9 Å². The van der Waals surface area contributed by atoms with Crippen molar-refractivity contribution in [2.75, 3.05) is 19.6 Å². The van der Waals surface area contributed by atoms with Gasteiger partial charge >= 0.3 is 12.0 Å². The number of hydrogen-bond acceptors (Lipinski definition) is 3. The minimum absolute atomic E-state index is 0.275. The third-order valence-corrected chi connectivity index (χ3v) is 5.07. The molecule has 1 heterocycles. The number of urea groups is 1. The summed E-state index contributed by atoms with van der Waals surface area (Å²) in [6.45, 7) is 2.35. The zero-order valence-electron chi connectivity index (χ0n) is 12.7. The Morgan fingerprint density at radius 1 is 1.14 bits per heavy atom. The lowest BCUT2D eigenvalue weighted by atomic mass is 9.68. The van der Waals surface area contributed by atoms with Gasteiger partial charge in [-0.2, -0.15) is 0 Å². The van der Waals surface area contributed by atoms with Crippen LogP contribution in [0.3, 0.4) is 0 Å². The number of rotatable bonds is 3. The van der Waals surface area contributed by atoms with Gasteiger partial charge in [-0.25, -0.2) is 9.59 Å². The van der Waals surface area contributed by atoms with Crippen molar-refractivity contribution in [3.05, 3.63) is 0 Å². The normalized spacial score (nSPS) is 24.4. The molecule has 6 nitrogen and oxygen atoms in total. The first-order valence-electron chi connectivity index (χ1n) is 7.83. The lowest BCUT2D eigenvalue weighted by molar-refractivity contribution is -0.155. The van der Waals surface area contributed by atoms with Gasteiger partial charge in [0.25, 0.3) is 0 Å². The second-order valence-corrected chi connectivity index (χ2v) is 6.79. The highest BCUT2D eigenvalue weighted by molar-refractivity contribution is 5.79. The molecule has 1 aliphatic carbocycles. The summed E-state index contributed by atoms with van der Waals surface area (Å²) >= 11 is 0. The molecule has 1 saturated heterocycles. The molecule has 6 heteroatoms. The summed E-state index contributed by atoms with van der Waals surface area (Å²) in [6, 6.07) is -0.276. The maximum absolute atomic E-state index is 12.0. The van der Waals surface area contributed by atoms with Crippen LogP contribution < -0.4 is 5.32 Å². The first kappa shape index (κ1) is 16.1. The second-order valence-electron chi connectivity index (χ2n) is 6.79. The summed E-state index contributed by atoms with van der Waals surface area (Å²) in [5.41, 5.74) is -1.49. The Hall–Kier alpha value is -1.30. The van der Waals surface area contributed by atoms with Gasteiger partial charge in [0.1, 0.15) is 0 Å². The van der Waals surface area contributed by atoms with Crippen LogP contribution in [-0.2, 0) is 4.79 Å². The van der Waals surface area contributed by atoms with Crippen LogP contribution in [-0.4, -0.2) is 52.3 Å². The quantitative estimate of drug-likeness (QED) is 0.738. The Morgan fingerprint density at radius 3 is 2.24 bits per heavy atom. The summed E-state index contributed by atoms with van der Waals surface area (Å²) in [7, 11) is 0. The van der Waals surface area contributed by atoms with Crippen molar-refractivity contribution >= 4 is 12.0 Å². The number of amides is 2. The van der Waals surface area contributed by atoms with E-state index in [2.05, 4.69) is 5.32 Å². The van der Waals surface area contributed by atoms with E-state index in [1.807, 2.05) is 0 Å². The van der Waals surface area contributed by atoms with Crippen LogP contribution in [0.25, 0.3) is 0 Å². The van der Waals surface area contributed by atoms with Crippen LogP contribution in [0.4, 0.5) is 4.79 Å². The maximum atomic E-state index is 12.0. The third-order valence-electron chi connectivity index (χ3n) is 5.07. The van der Waals surface area contributed by atoms with Crippen molar-refractivity contribution in [2.24, 2.45) is 5.41 Å². The Bertz CT molecular complexity index is 392. The smallest absolute Gasteiger partial charge is 0.337 e. The van der Waals surface area contributed by atoms with E-state index in [9.17, 15) is 14.7 Å². The zero-order valence-corrected chi connectivity index (χ0v) is 12.7. The summed E-state index contributed by atoms with van der Waals surface area (Å²) in [6.07, 6.45) is 8.55. The first-order valence-corrected chi connectivity index (χ1v) is 7.83. The summed E-state index contributed by atoms with van der Waals surface area (Å²) in [5.74, 6) is -1.33. The van der Waals surface area contributed by atoms with E-state index >= 15 is 0 Å². The van der Waals surface area contributed by atoms with E-state index in [4.69, 9.17) is 5.11 Å². The van der Waals surface area contributed by atoms with Crippen molar-refractivity contribution < 1.29 is 19.8 Å². The zero-order chi connectivity index (χ0) is 15.5. The number of carbonyl (C=O) groups is 2. The average Bonchev–Trinajstić information content (AvgIpc) is 2.46. The predicted octanol–water partition coefficient (Wildman–Crippen LogP) is 1.58. The number of hydrogen-bond donors (Lipinski definition) is 3. The summed E-state index contributed by atoms with van der Waals surface area (Å²) < 4.78 is 0. The lowest BCUT2D eigenvalue weighted by Gasteiger charge is -2.44.